The SMILES string of the molecule is COc1ccc(NC2=CC(=O)c3c(O)c(Nc4ccc(OC)cc4)cc(O)c3C2=O)cc1. The summed E-state index contributed by atoms with van der Waals surface area (Å²) < 4.78 is 10.2. The van der Waals surface area contributed by atoms with E-state index in [0.29, 0.717) is 22.9 Å². The third kappa shape index (κ3) is 3.81. The molecule has 0 heterocycles. The van der Waals surface area contributed by atoms with E-state index >= 15 is 0 Å². The summed E-state index contributed by atoms with van der Waals surface area (Å²) in [5.41, 5.74) is 0.707. The van der Waals surface area contributed by atoms with Gasteiger partial charge in [-0.05, 0) is 48.5 Å². The van der Waals surface area contributed by atoms with Gasteiger partial charge in [0.15, 0.2) is 11.5 Å². The van der Waals surface area contributed by atoms with Crippen LogP contribution in [-0.4, -0.2) is 36.0 Å². The molecule has 0 atom stereocenters. The second-order valence-electron chi connectivity index (χ2n) is 7.00. The van der Waals surface area contributed by atoms with E-state index in [2.05, 4.69) is 10.6 Å². The predicted octanol–water partition coefficient (Wildman–Crippen LogP) is 4.23. The molecular weight excluding hydrogens is 412 g/mol. The first-order chi connectivity index (χ1) is 15.4. The molecule has 0 unspecified atom stereocenters. The Morgan fingerprint density at radius 1 is 0.750 bits per heavy atom. The number of fused-ring (bicyclic) bond motifs is 1. The third-order valence-corrected chi connectivity index (χ3v) is 5.01. The number of aromatic hydroxyl groups is 2. The van der Waals surface area contributed by atoms with Crippen LogP contribution in [0, 0.1) is 0 Å². The van der Waals surface area contributed by atoms with E-state index in [1.54, 1.807) is 55.6 Å². The molecule has 8 heteroatoms. The highest BCUT2D eigenvalue weighted by atomic mass is 16.5. The van der Waals surface area contributed by atoms with Crippen LogP contribution < -0.4 is 20.1 Å². The number of ketones is 2. The Morgan fingerprint density at radius 2 is 1.28 bits per heavy atom. The number of hydrogen-bond acceptors (Lipinski definition) is 8. The Bertz CT molecular complexity index is 1230. The van der Waals surface area contributed by atoms with Crippen molar-refractivity contribution in [3.05, 3.63) is 77.5 Å². The lowest BCUT2D eigenvalue weighted by Crippen LogP contribution is -2.22. The zero-order valence-corrected chi connectivity index (χ0v) is 17.3. The highest BCUT2D eigenvalue weighted by Gasteiger charge is 2.33. The Hall–Kier alpha value is -4.46. The summed E-state index contributed by atoms with van der Waals surface area (Å²) in [6, 6.07) is 14.8. The monoisotopic (exact) mass is 432 g/mol. The average Bonchev–Trinajstić information content (AvgIpc) is 2.80. The molecule has 0 amide bonds. The maximum absolute atomic E-state index is 13.0. The Morgan fingerprint density at radius 3 is 1.81 bits per heavy atom. The van der Waals surface area contributed by atoms with E-state index in [0.717, 1.165) is 6.08 Å². The molecule has 0 spiro atoms. The van der Waals surface area contributed by atoms with Crippen molar-refractivity contribution in [2.45, 2.75) is 0 Å². The van der Waals surface area contributed by atoms with Gasteiger partial charge in [0, 0.05) is 23.5 Å². The minimum atomic E-state index is -0.612. The largest absolute Gasteiger partial charge is 0.507 e. The maximum atomic E-state index is 13.0. The molecule has 32 heavy (non-hydrogen) atoms. The molecule has 1 aliphatic rings. The highest BCUT2D eigenvalue weighted by Crippen LogP contribution is 2.41. The summed E-state index contributed by atoms with van der Waals surface area (Å²) in [5, 5.41) is 27.1. The predicted molar refractivity (Wildman–Crippen MR) is 119 cm³/mol. The summed E-state index contributed by atoms with van der Waals surface area (Å²) in [7, 11) is 3.09. The van der Waals surface area contributed by atoms with Crippen LogP contribution in [0.1, 0.15) is 20.7 Å². The topological polar surface area (TPSA) is 117 Å². The first kappa shape index (κ1) is 20.8. The summed E-state index contributed by atoms with van der Waals surface area (Å²) in [6.07, 6.45) is 1.10. The zero-order valence-electron chi connectivity index (χ0n) is 17.3. The minimum absolute atomic E-state index is 0.0155. The highest BCUT2D eigenvalue weighted by molar-refractivity contribution is 6.28. The Balaban J connectivity index is 1.65. The molecule has 4 N–H and O–H groups in total. The van der Waals surface area contributed by atoms with Crippen molar-refractivity contribution in [1.29, 1.82) is 0 Å². The fourth-order valence-corrected chi connectivity index (χ4v) is 3.38. The molecule has 1 aliphatic carbocycles. The number of phenolic OH excluding ortho intramolecular Hbond substituents is 2. The van der Waals surface area contributed by atoms with E-state index in [1.165, 1.54) is 13.2 Å². The number of rotatable bonds is 6. The van der Waals surface area contributed by atoms with Gasteiger partial charge in [-0.15, -0.1) is 0 Å². The van der Waals surface area contributed by atoms with Crippen molar-refractivity contribution in [1.82, 2.24) is 0 Å². The van der Waals surface area contributed by atoms with Crippen molar-refractivity contribution < 1.29 is 29.3 Å². The number of allylic oxidation sites excluding steroid dienone is 2. The first-order valence-electron chi connectivity index (χ1n) is 9.63. The van der Waals surface area contributed by atoms with E-state index in [1.807, 2.05) is 0 Å². The molecule has 0 saturated heterocycles. The number of methoxy groups -OCH3 is 2. The van der Waals surface area contributed by atoms with Gasteiger partial charge >= 0.3 is 0 Å². The van der Waals surface area contributed by atoms with Crippen molar-refractivity contribution in [3.63, 3.8) is 0 Å². The van der Waals surface area contributed by atoms with Gasteiger partial charge in [-0.1, -0.05) is 0 Å². The van der Waals surface area contributed by atoms with Gasteiger partial charge in [0.05, 0.1) is 36.7 Å². The zero-order chi connectivity index (χ0) is 22.8. The molecule has 0 saturated carbocycles. The van der Waals surface area contributed by atoms with E-state index in [-0.39, 0.29) is 22.5 Å². The number of Topliss-reactive ketones (excluding diaryl/α,β-unsaturated/α-hetero) is 1. The van der Waals surface area contributed by atoms with Crippen molar-refractivity contribution in [2.75, 3.05) is 24.9 Å². The normalized spacial score (nSPS) is 12.6. The average molecular weight is 432 g/mol. The van der Waals surface area contributed by atoms with Gasteiger partial charge in [-0.2, -0.15) is 0 Å². The fourth-order valence-electron chi connectivity index (χ4n) is 3.38. The number of hydrogen-bond donors (Lipinski definition) is 4. The van der Waals surface area contributed by atoms with Gasteiger partial charge in [-0.3, -0.25) is 9.59 Å². The molecule has 4 rings (SSSR count). The summed E-state index contributed by atoms with van der Waals surface area (Å²) in [4.78, 5) is 25.8. The lowest BCUT2D eigenvalue weighted by atomic mass is 9.90. The second kappa shape index (κ2) is 8.35. The number of nitrogens with one attached hydrogen (secondary N) is 2. The van der Waals surface area contributed by atoms with Gasteiger partial charge in [-0.25, -0.2) is 0 Å². The van der Waals surface area contributed by atoms with Gasteiger partial charge in [0.25, 0.3) is 0 Å². The molecule has 3 aromatic rings. The summed E-state index contributed by atoms with van der Waals surface area (Å²) in [5.74, 6) is -0.779. The third-order valence-electron chi connectivity index (χ3n) is 5.01. The molecule has 0 aromatic heterocycles. The van der Waals surface area contributed by atoms with E-state index in [4.69, 9.17) is 9.47 Å². The number of ether oxygens (including phenoxy) is 2. The van der Waals surface area contributed by atoms with Gasteiger partial charge in [0.2, 0.25) is 5.78 Å². The molecule has 0 fully saturated rings. The van der Waals surface area contributed by atoms with Crippen molar-refractivity contribution in [2.24, 2.45) is 0 Å². The molecule has 8 nitrogen and oxygen atoms in total. The van der Waals surface area contributed by atoms with Gasteiger partial charge < -0.3 is 30.3 Å². The summed E-state index contributed by atoms with van der Waals surface area (Å²) in [6.45, 7) is 0. The van der Waals surface area contributed by atoms with Crippen LogP contribution in [0.25, 0.3) is 0 Å². The van der Waals surface area contributed by atoms with E-state index < -0.39 is 23.1 Å². The fraction of sp³-hybridized carbons (Fsp3) is 0.0833. The molecule has 3 aromatic carbocycles. The first-order valence-corrected chi connectivity index (χ1v) is 9.63. The number of phenols is 2. The summed E-state index contributed by atoms with van der Waals surface area (Å²) >= 11 is 0. The van der Waals surface area contributed by atoms with Crippen LogP contribution in [0.2, 0.25) is 0 Å². The number of benzene rings is 3. The Labute approximate surface area is 183 Å². The molecule has 0 aliphatic heterocycles. The number of carbonyl (C=O) groups excluding carboxylic acids is 2. The maximum Gasteiger partial charge on any atom is 0.213 e. The lowest BCUT2D eigenvalue weighted by molar-refractivity contribution is 0.0980. The van der Waals surface area contributed by atoms with Crippen LogP contribution in [-0.2, 0) is 0 Å². The lowest BCUT2D eigenvalue weighted by Gasteiger charge is -2.21. The van der Waals surface area contributed by atoms with Crippen molar-refractivity contribution >= 4 is 28.6 Å². The smallest absolute Gasteiger partial charge is 0.213 e. The molecule has 0 radical (unpaired) electrons. The van der Waals surface area contributed by atoms with E-state index in [9.17, 15) is 19.8 Å². The quantitative estimate of drug-likeness (QED) is 0.338. The van der Waals surface area contributed by atoms with Crippen LogP contribution in [0.3, 0.4) is 0 Å². The van der Waals surface area contributed by atoms with Crippen LogP contribution in [0.4, 0.5) is 17.1 Å². The molecule has 0 bridgehead atoms. The molecule has 162 valence electrons. The number of anilines is 3. The van der Waals surface area contributed by atoms with Crippen molar-refractivity contribution in [3.8, 4) is 23.0 Å². The minimum Gasteiger partial charge on any atom is -0.507 e. The Kier molecular flexibility index (Phi) is 5.43. The molecular formula is C24H20N2O6. The standard InChI is InChI=1S/C24H20N2O6/c1-31-15-7-3-13(4-8-15)25-17-11-19(27)22-21(23(17)29)20(28)12-18(24(22)30)26-14-5-9-16(32-2)10-6-14/h3-12,25-27,29H,1-2H3. The second-order valence-corrected chi connectivity index (χ2v) is 7.00. The van der Waals surface area contributed by atoms with Crippen LogP contribution in [0.5, 0.6) is 23.0 Å². The van der Waals surface area contributed by atoms with Crippen LogP contribution >= 0.6 is 0 Å². The number of carbonyl (C=O) groups is 2. The van der Waals surface area contributed by atoms with Gasteiger partial charge in [0.1, 0.15) is 17.2 Å². The van der Waals surface area contributed by atoms with Crippen LogP contribution in [0.15, 0.2) is 66.4 Å².